The van der Waals surface area contributed by atoms with Gasteiger partial charge in [0.15, 0.2) is 0 Å². The number of pyridine rings is 1. The van der Waals surface area contributed by atoms with Crippen molar-refractivity contribution in [3.63, 3.8) is 0 Å². The van der Waals surface area contributed by atoms with Crippen molar-refractivity contribution < 1.29 is 0 Å². The normalized spacial score (nSPS) is 11.2. The highest BCUT2D eigenvalue weighted by Crippen LogP contribution is 2.32. The number of aromatic amines is 1. The molecule has 0 atom stereocenters. The zero-order chi connectivity index (χ0) is 13.5. The molecule has 0 unspecified atom stereocenters. The Hall–Kier alpha value is -2.82. The van der Waals surface area contributed by atoms with Gasteiger partial charge in [0.25, 0.3) is 0 Å². The van der Waals surface area contributed by atoms with Crippen LogP contribution in [-0.4, -0.2) is 24.1 Å². The number of aromatic nitrogens is 5. The van der Waals surface area contributed by atoms with Crippen LogP contribution in [0.25, 0.3) is 27.8 Å². The molecular formula is C15H13N5. The zero-order valence-corrected chi connectivity index (χ0v) is 11.0. The molecule has 5 nitrogen and oxygen atoms in total. The summed E-state index contributed by atoms with van der Waals surface area (Å²) in [6, 6.07) is 4.04. The van der Waals surface area contributed by atoms with Crippen LogP contribution in [-0.2, 0) is 7.05 Å². The fourth-order valence-electron chi connectivity index (χ4n) is 2.56. The second-order valence-corrected chi connectivity index (χ2v) is 4.79. The van der Waals surface area contributed by atoms with Crippen LogP contribution in [0.15, 0.2) is 55.6 Å². The maximum absolute atomic E-state index is 4.35. The summed E-state index contributed by atoms with van der Waals surface area (Å²) >= 11 is 0. The molecule has 4 rings (SSSR count). The van der Waals surface area contributed by atoms with Crippen molar-refractivity contribution >= 4 is 11.0 Å². The molecule has 0 saturated heterocycles. The van der Waals surface area contributed by atoms with E-state index in [2.05, 4.69) is 38.0 Å². The van der Waals surface area contributed by atoms with Crippen LogP contribution >= 0.6 is 0 Å². The molecule has 0 saturated carbocycles. The average Bonchev–Trinajstić information content (AvgIpc) is 3.16. The molecule has 98 valence electrons. The number of H-pyrrole nitrogens is 1. The van der Waals surface area contributed by atoms with Crippen molar-refractivity contribution in [2.45, 2.75) is 0 Å². The first kappa shape index (κ1) is 11.0. The summed E-state index contributed by atoms with van der Waals surface area (Å²) in [5, 5.41) is 1.13. The summed E-state index contributed by atoms with van der Waals surface area (Å²) in [5.74, 6) is 0. The number of hydrogen-bond donors (Lipinski definition) is 1. The lowest BCUT2D eigenvalue weighted by molar-refractivity contribution is 0.918. The first-order valence-corrected chi connectivity index (χ1v) is 6.40. The standard InChI is InChI=1S/C15H13N5/c1-19-8-13(14(9-19)20-6-5-16-10-20)12-7-18-15-11(12)3-2-4-17-15/h2-10H,1H3,(H,17,18). The highest BCUT2D eigenvalue weighted by atomic mass is 15.1. The van der Waals surface area contributed by atoms with Crippen molar-refractivity contribution in [1.82, 2.24) is 24.1 Å². The van der Waals surface area contributed by atoms with Crippen molar-refractivity contribution in [3.05, 3.63) is 55.6 Å². The van der Waals surface area contributed by atoms with Gasteiger partial charge in [-0.1, -0.05) is 0 Å². The topological polar surface area (TPSA) is 51.4 Å². The van der Waals surface area contributed by atoms with Crippen LogP contribution in [0.2, 0.25) is 0 Å². The van der Waals surface area contributed by atoms with Crippen molar-refractivity contribution in [2.75, 3.05) is 0 Å². The van der Waals surface area contributed by atoms with E-state index in [-0.39, 0.29) is 0 Å². The van der Waals surface area contributed by atoms with Gasteiger partial charge in [-0.2, -0.15) is 0 Å². The number of fused-ring (bicyclic) bond motifs is 1. The Morgan fingerprint density at radius 3 is 2.95 bits per heavy atom. The first-order chi connectivity index (χ1) is 9.83. The Labute approximate surface area is 115 Å². The monoisotopic (exact) mass is 263 g/mol. The van der Waals surface area contributed by atoms with Gasteiger partial charge in [-0.3, -0.25) is 0 Å². The van der Waals surface area contributed by atoms with Crippen molar-refractivity contribution in [2.24, 2.45) is 7.05 Å². The Morgan fingerprint density at radius 1 is 1.15 bits per heavy atom. The number of hydrogen-bond acceptors (Lipinski definition) is 2. The summed E-state index contributed by atoms with van der Waals surface area (Å²) < 4.78 is 4.07. The van der Waals surface area contributed by atoms with E-state index in [1.807, 2.05) is 36.4 Å². The van der Waals surface area contributed by atoms with Crippen LogP contribution in [0.3, 0.4) is 0 Å². The summed E-state index contributed by atoms with van der Waals surface area (Å²) in [7, 11) is 2.02. The van der Waals surface area contributed by atoms with E-state index in [0.717, 1.165) is 27.8 Å². The molecule has 0 spiro atoms. The average molecular weight is 263 g/mol. The quantitative estimate of drug-likeness (QED) is 0.604. The maximum atomic E-state index is 4.35. The molecule has 5 heteroatoms. The SMILES string of the molecule is Cn1cc(-c2c[nH]c3ncccc23)c(-n2ccnc2)c1. The molecular weight excluding hydrogens is 250 g/mol. The van der Waals surface area contributed by atoms with Gasteiger partial charge in [0.1, 0.15) is 5.65 Å². The van der Waals surface area contributed by atoms with Gasteiger partial charge >= 0.3 is 0 Å². The minimum absolute atomic E-state index is 0.905. The molecule has 0 amide bonds. The van der Waals surface area contributed by atoms with E-state index in [1.54, 1.807) is 12.4 Å². The third kappa shape index (κ3) is 1.56. The number of aryl methyl sites for hydroxylation is 1. The molecule has 0 aliphatic rings. The van der Waals surface area contributed by atoms with Gasteiger partial charge in [0, 0.05) is 60.7 Å². The molecule has 0 fully saturated rings. The summed E-state index contributed by atoms with van der Waals surface area (Å²) in [6.07, 6.45) is 13.6. The van der Waals surface area contributed by atoms with E-state index in [4.69, 9.17) is 0 Å². The zero-order valence-electron chi connectivity index (χ0n) is 11.0. The van der Waals surface area contributed by atoms with Crippen LogP contribution in [0.4, 0.5) is 0 Å². The predicted molar refractivity (Wildman–Crippen MR) is 77.6 cm³/mol. The van der Waals surface area contributed by atoms with E-state index < -0.39 is 0 Å². The number of nitrogens with one attached hydrogen (secondary N) is 1. The fourth-order valence-corrected chi connectivity index (χ4v) is 2.56. The van der Waals surface area contributed by atoms with Crippen LogP contribution in [0.1, 0.15) is 0 Å². The van der Waals surface area contributed by atoms with Gasteiger partial charge in [-0.25, -0.2) is 9.97 Å². The molecule has 0 aliphatic carbocycles. The summed E-state index contributed by atoms with van der Waals surface area (Å²) in [5.41, 5.74) is 4.32. The molecule has 0 aromatic carbocycles. The van der Waals surface area contributed by atoms with Gasteiger partial charge in [0.2, 0.25) is 0 Å². The predicted octanol–water partition coefficient (Wildman–Crippen LogP) is 2.75. The van der Waals surface area contributed by atoms with E-state index in [9.17, 15) is 0 Å². The molecule has 4 aromatic rings. The summed E-state index contributed by atoms with van der Waals surface area (Å²) in [6.45, 7) is 0. The lowest BCUT2D eigenvalue weighted by atomic mass is 10.1. The number of rotatable bonds is 2. The second kappa shape index (κ2) is 4.09. The second-order valence-electron chi connectivity index (χ2n) is 4.79. The highest BCUT2D eigenvalue weighted by Gasteiger charge is 2.13. The van der Waals surface area contributed by atoms with Crippen LogP contribution in [0.5, 0.6) is 0 Å². The first-order valence-electron chi connectivity index (χ1n) is 6.40. The highest BCUT2D eigenvalue weighted by molar-refractivity contribution is 5.95. The van der Waals surface area contributed by atoms with E-state index >= 15 is 0 Å². The molecule has 0 radical (unpaired) electrons. The van der Waals surface area contributed by atoms with Gasteiger partial charge in [0.05, 0.1) is 12.0 Å². The summed E-state index contributed by atoms with van der Waals surface area (Å²) in [4.78, 5) is 11.7. The smallest absolute Gasteiger partial charge is 0.137 e. The largest absolute Gasteiger partial charge is 0.354 e. The van der Waals surface area contributed by atoms with Crippen molar-refractivity contribution in [1.29, 1.82) is 0 Å². The van der Waals surface area contributed by atoms with Gasteiger partial charge < -0.3 is 14.1 Å². The van der Waals surface area contributed by atoms with E-state index in [0.29, 0.717) is 0 Å². The molecule has 0 aliphatic heterocycles. The lowest BCUT2D eigenvalue weighted by Gasteiger charge is -2.03. The molecule has 4 aromatic heterocycles. The molecule has 20 heavy (non-hydrogen) atoms. The Balaban J connectivity index is 1.99. The van der Waals surface area contributed by atoms with Gasteiger partial charge in [-0.15, -0.1) is 0 Å². The third-order valence-electron chi connectivity index (χ3n) is 3.46. The number of imidazole rings is 1. The number of nitrogens with zero attached hydrogens (tertiary/aromatic N) is 4. The lowest BCUT2D eigenvalue weighted by Crippen LogP contribution is -1.90. The minimum Gasteiger partial charge on any atom is -0.354 e. The van der Waals surface area contributed by atoms with Crippen LogP contribution < -0.4 is 0 Å². The molecule has 4 heterocycles. The fraction of sp³-hybridized carbons (Fsp3) is 0.0667. The van der Waals surface area contributed by atoms with E-state index in [1.165, 1.54) is 0 Å². The van der Waals surface area contributed by atoms with Crippen molar-refractivity contribution in [3.8, 4) is 16.8 Å². The van der Waals surface area contributed by atoms with Crippen LogP contribution in [0, 0.1) is 0 Å². The third-order valence-corrected chi connectivity index (χ3v) is 3.46. The van der Waals surface area contributed by atoms with Gasteiger partial charge in [-0.05, 0) is 12.1 Å². The minimum atomic E-state index is 0.905. The Kier molecular flexibility index (Phi) is 2.26. The Bertz CT molecular complexity index is 867. The maximum Gasteiger partial charge on any atom is 0.137 e. The molecule has 1 N–H and O–H groups in total. The molecule has 0 bridgehead atoms. The Morgan fingerprint density at radius 2 is 2.10 bits per heavy atom.